The molecule has 1 aromatic heterocycles. The van der Waals surface area contributed by atoms with Gasteiger partial charge in [0.2, 0.25) is 0 Å². The summed E-state index contributed by atoms with van der Waals surface area (Å²) in [4.78, 5) is 19.4. The van der Waals surface area contributed by atoms with Gasteiger partial charge in [0.05, 0.1) is 0 Å². The molecule has 0 spiro atoms. The number of aromatic amines is 1. The molecule has 0 unspecified atom stereocenters. The maximum Gasteiger partial charge on any atom is 0.252 e. The van der Waals surface area contributed by atoms with Crippen molar-refractivity contribution < 1.29 is 0 Å². The molecule has 1 N–H and O–H groups in total. The highest BCUT2D eigenvalue weighted by Crippen LogP contribution is 2.20. The molecular formula is C14H23N3O. The molecule has 4 nitrogen and oxygen atoms in total. The summed E-state index contributed by atoms with van der Waals surface area (Å²) in [5.74, 6) is 0.973. The number of nitrogens with one attached hydrogen (secondary N) is 1. The summed E-state index contributed by atoms with van der Waals surface area (Å²) in [6, 6.07) is 2.76. The summed E-state index contributed by atoms with van der Waals surface area (Å²) in [6.07, 6.45) is 2.31. The van der Waals surface area contributed by atoms with Crippen LogP contribution in [0.5, 0.6) is 0 Å². The number of rotatable bonds is 2. The van der Waals surface area contributed by atoms with Crippen LogP contribution >= 0.6 is 0 Å². The monoisotopic (exact) mass is 249 g/mol. The minimum absolute atomic E-state index is 0.0414. The molecule has 0 radical (unpaired) electrons. The first-order chi connectivity index (χ1) is 8.49. The third-order valence-corrected chi connectivity index (χ3v) is 4.06. The number of hydrogen-bond acceptors (Lipinski definition) is 3. The molecule has 2 rings (SSSR count). The van der Waals surface area contributed by atoms with Crippen molar-refractivity contribution in [3.8, 4) is 0 Å². The average molecular weight is 249 g/mol. The van der Waals surface area contributed by atoms with E-state index in [1.807, 2.05) is 13.8 Å². The summed E-state index contributed by atoms with van der Waals surface area (Å²) >= 11 is 0. The Bertz CT molecular complexity index is 470. The first kappa shape index (κ1) is 13.1. The van der Waals surface area contributed by atoms with Crippen LogP contribution in [-0.2, 0) is 0 Å². The van der Waals surface area contributed by atoms with Gasteiger partial charge in [-0.2, -0.15) is 0 Å². The SMILES string of the molecule is Cc1cc(N2CCC(N(C)C)CC2)[nH]c(=O)c1C. The van der Waals surface area contributed by atoms with Crippen LogP contribution in [0.25, 0.3) is 0 Å². The number of aromatic nitrogens is 1. The molecule has 18 heavy (non-hydrogen) atoms. The quantitative estimate of drug-likeness (QED) is 0.864. The Morgan fingerprint density at radius 3 is 2.39 bits per heavy atom. The van der Waals surface area contributed by atoms with Crippen LogP contribution in [-0.4, -0.2) is 43.1 Å². The molecule has 1 aliphatic rings. The fraction of sp³-hybridized carbons (Fsp3) is 0.643. The zero-order valence-corrected chi connectivity index (χ0v) is 11.8. The number of H-pyrrole nitrogens is 1. The topological polar surface area (TPSA) is 39.3 Å². The normalized spacial score (nSPS) is 17.5. The van der Waals surface area contributed by atoms with E-state index in [-0.39, 0.29) is 5.56 Å². The Balaban J connectivity index is 2.13. The zero-order valence-electron chi connectivity index (χ0n) is 11.8. The molecule has 0 bridgehead atoms. The lowest BCUT2D eigenvalue weighted by Crippen LogP contribution is -2.42. The lowest BCUT2D eigenvalue weighted by molar-refractivity contribution is 0.249. The van der Waals surface area contributed by atoms with Crippen molar-refractivity contribution >= 4 is 5.82 Å². The smallest absolute Gasteiger partial charge is 0.252 e. The Kier molecular flexibility index (Phi) is 3.76. The number of anilines is 1. The Morgan fingerprint density at radius 2 is 1.89 bits per heavy atom. The van der Waals surface area contributed by atoms with Crippen molar-refractivity contribution in [2.24, 2.45) is 0 Å². The van der Waals surface area contributed by atoms with E-state index in [0.717, 1.165) is 42.9 Å². The van der Waals surface area contributed by atoms with E-state index in [0.29, 0.717) is 6.04 Å². The second-order valence-electron chi connectivity index (χ2n) is 5.47. The highest BCUT2D eigenvalue weighted by Gasteiger charge is 2.21. The molecule has 1 aliphatic heterocycles. The third-order valence-electron chi connectivity index (χ3n) is 4.06. The van der Waals surface area contributed by atoms with E-state index >= 15 is 0 Å². The minimum atomic E-state index is 0.0414. The summed E-state index contributed by atoms with van der Waals surface area (Å²) in [5.41, 5.74) is 1.94. The van der Waals surface area contributed by atoms with Gasteiger partial charge in [0, 0.05) is 24.7 Å². The molecule has 1 aromatic rings. The van der Waals surface area contributed by atoms with Gasteiger partial charge in [0.1, 0.15) is 5.82 Å². The van der Waals surface area contributed by atoms with Crippen molar-refractivity contribution in [1.29, 1.82) is 0 Å². The van der Waals surface area contributed by atoms with Crippen LogP contribution < -0.4 is 10.5 Å². The van der Waals surface area contributed by atoms with E-state index in [4.69, 9.17) is 0 Å². The van der Waals surface area contributed by atoms with Crippen molar-refractivity contribution in [3.05, 3.63) is 27.5 Å². The van der Waals surface area contributed by atoms with Gasteiger partial charge < -0.3 is 14.8 Å². The molecule has 0 atom stereocenters. The maximum atomic E-state index is 11.8. The Hall–Kier alpha value is -1.29. The van der Waals surface area contributed by atoms with Crippen LogP contribution in [0.1, 0.15) is 24.0 Å². The predicted molar refractivity (Wildman–Crippen MR) is 75.5 cm³/mol. The van der Waals surface area contributed by atoms with Gasteiger partial charge in [-0.3, -0.25) is 4.79 Å². The first-order valence-electron chi connectivity index (χ1n) is 6.61. The molecule has 0 aromatic carbocycles. The highest BCUT2D eigenvalue weighted by atomic mass is 16.1. The van der Waals surface area contributed by atoms with Crippen molar-refractivity contribution in [2.45, 2.75) is 32.7 Å². The molecular weight excluding hydrogens is 226 g/mol. The van der Waals surface area contributed by atoms with Crippen LogP contribution in [0.4, 0.5) is 5.82 Å². The number of pyridine rings is 1. The lowest BCUT2D eigenvalue weighted by atomic mass is 10.0. The number of piperidine rings is 1. The van der Waals surface area contributed by atoms with Crippen LogP contribution in [0.3, 0.4) is 0 Å². The third kappa shape index (κ3) is 2.58. The van der Waals surface area contributed by atoms with Gasteiger partial charge >= 0.3 is 0 Å². The molecule has 2 heterocycles. The van der Waals surface area contributed by atoms with Crippen LogP contribution in [0, 0.1) is 13.8 Å². The molecule has 1 saturated heterocycles. The molecule has 0 amide bonds. The van der Waals surface area contributed by atoms with E-state index < -0.39 is 0 Å². The summed E-state index contributed by atoms with van der Waals surface area (Å²) in [5, 5.41) is 0. The second kappa shape index (κ2) is 5.14. The number of aryl methyl sites for hydroxylation is 1. The zero-order chi connectivity index (χ0) is 13.3. The summed E-state index contributed by atoms with van der Waals surface area (Å²) < 4.78 is 0. The highest BCUT2D eigenvalue weighted by molar-refractivity contribution is 5.43. The second-order valence-corrected chi connectivity index (χ2v) is 5.47. The minimum Gasteiger partial charge on any atom is -0.358 e. The fourth-order valence-corrected chi connectivity index (χ4v) is 2.53. The van der Waals surface area contributed by atoms with Crippen LogP contribution in [0.2, 0.25) is 0 Å². The molecule has 100 valence electrons. The van der Waals surface area contributed by atoms with Gasteiger partial charge in [-0.05, 0) is 52.4 Å². The Morgan fingerprint density at radius 1 is 1.28 bits per heavy atom. The van der Waals surface area contributed by atoms with Crippen molar-refractivity contribution in [1.82, 2.24) is 9.88 Å². The van der Waals surface area contributed by atoms with Gasteiger partial charge in [-0.15, -0.1) is 0 Å². The van der Waals surface area contributed by atoms with Crippen molar-refractivity contribution in [2.75, 3.05) is 32.1 Å². The molecule has 0 aliphatic carbocycles. The van der Waals surface area contributed by atoms with Gasteiger partial charge in [0.15, 0.2) is 0 Å². The fourth-order valence-electron chi connectivity index (χ4n) is 2.53. The Labute approximate surface area is 109 Å². The average Bonchev–Trinajstić information content (AvgIpc) is 2.35. The van der Waals surface area contributed by atoms with Gasteiger partial charge in [-0.25, -0.2) is 0 Å². The van der Waals surface area contributed by atoms with Gasteiger partial charge in [0.25, 0.3) is 5.56 Å². The maximum absolute atomic E-state index is 11.8. The van der Waals surface area contributed by atoms with E-state index in [9.17, 15) is 4.79 Å². The molecule has 4 heteroatoms. The largest absolute Gasteiger partial charge is 0.358 e. The van der Waals surface area contributed by atoms with Gasteiger partial charge in [-0.1, -0.05) is 0 Å². The first-order valence-corrected chi connectivity index (χ1v) is 6.61. The van der Waals surface area contributed by atoms with Crippen molar-refractivity contribution in [3.63, 3.8) is 0 Å². The lowest BCUT2D eigenvalue weighted by Gasteiger charge is -2.36. The van der Waals surface area contributed by atoms with E-state index in [1.54, 1.807) is 0 Å². The number of hydrogen-bond donors (Lipinski definition) is 1. The molecule has 0 saturated carbocycles. The van der Waals surface area contributed by atoms with E-state index in [1.165, 1.54) is 0 Å². The summed E-state index contributed by atoms with van der Waals surface area (Å²) in [7, 11) is 4.27. The summed E-state index contributed by atoms with van der Waals surface area (Å²) in [6.45, 7) is 5.90. The molecule has 1 fully saturated rings. The standard InChI is InChI=1S/C14H23N3O/c1-10-9-13(15-14(18)11(10)2)17-7-5-12(6-8-17)16(3)4/h9,12H,5-8H2,1-4H3,(H,15,18). The van der Waals surface area contributed by atoms with Crippen LogP contribution in [0.15, 0.2) is 10.9 Å². The van der Waals surface area contributed by atoms with E-state index in [2.05, 4.69) is 34.9 Å². The predicted octanol–water partition coefficient (Wildman–Crippen LogP) is 1.52. The number of nitrogens with zero attached hydrogens (tertiary/aromatic N) is 2.